The number of amides is 1. The lowest BCUT2D eigenvalue weighted by Gasteiger charge is -2.37. The van der Waals surface area contributed by atoms with E-state index in [1.165, 1.54) is 10.5 Å². The smallest absolute Gasteiger partial charge is 0.407 e. The zero-order valence-corrected chi connectivity index (χ0v) is 7.05. The highest BCUT2D eigenvalue weighted by molar-refractivity contribution is 5.66. The van der Waals surface area contributed by atoms with Crippen LogP contribution in [0.1, 0.15) is 11.5 Å². The summed E-state index contributed by atoms with van der Waals surface area (Å²) in [6, 6.07) is 3.87. The van der Waals surface area contributed by atoms with Crippen LogP contribution < -0.4 is 0 Å². The van der Waals surface area contributed by atoms with E-state index < -0.39 is 6.09 Å². The minimum atomic E-state index is -0.828. The number of hydrogen-bond donors (Lipinski definition) is 1. The summed E-state index contributed by atoms with van der Waals surface area (Å²) in [6.45, 7) is 1.22. The van der Waals surface area contributed by atoms with Crippen LogP contribution >= 0.6 is 0 Å². The molecule has 0 saturated carbocycles. The molecule has 0 spiro atoms. The van der Waals surface area contributed by atoms with Crippen LogP contribution in [0.3, 0.4) is 0 Å². The van der Waals surface area contributed by atoms with Crippen LogP contribution in [0.25, 0.3) is 0 Å². The summed E-state index contributed by atoms with van der Waals surface area (Å²) in [6.07, 6.45) is 2.64. The minimum Gasteiger partial charge on any atom is -0.465 e. The van der Waals surface area contributed by atoms with Crippen molar-refractivity contribution in [3.63, 3.8) is 0 Å². The molecule has 1 aliphatic rings. The van der Waals surface area contributed by atoms with Gasteiger partial charge in [-0.2, -0.15) is 0 Å². The summed E-state index contributed by atoms with van der Waals surface area (Å²) < 4.78 is 0. The van der Waals surface area contributed by atoms with Crippen molar-refractivity contribution in [3.8, 4) is 0 Å². The lowest BCUT2D eigenvalue weighted by atomic mass is 9.93. The number of carboxylic acid groups (broad SMARTS) is 1. The number of nitrogens with zero attached hydrogens (tertiary/aromatic N) is 2. The summed E-state index contributed by atoms with van der Waals surface area (Å²) in [4.78, 5) is 15.8. The van der Waals surface area contributed by atoms with Gasteiger partial charge in [0.1, 0.15) is 0 Å². The zero-order chi connectivity index (χ0) is 9.26. The Kier molecular flexibility index (Phi) is 1.88. The van der Waals surface area contributed by atoms with Gasteiger partial charge in [0, 0.05) is 31.4 Å². The molecule has 13 heavy (non-hydrogen) atoms. The Hall–Kier alpha value is -1.58. The van der Waals surface area contributed by atoms with Crippen LogP contribution in [0, 0.1) is 0 Å². The van der Waals surface area contributed by atoms with E-state index in [0.717, 1.165) is 0 Å². The van der Waals surface area contributed by atoms with Crippen LogP contribution in [0.5, 0.6) is 0 Å². The number of pyridine rings is 1. The molecule has 1 aromatic heterocycles. The van der Waals surface area contributed by atoms with Crippen LogP contribution in [0.4, 0.5) is 4.79 Å². The Morgan fingerprint density at radius 2 is 2.08 bits per heavy atom. The molecule has 1 fully saturated rings. The predicted octanol–water partition coefficient (Wildman–Crippen LogP) is 1.16. The van der Waals surface area contributed by atoms with Crippen LogP contribution in [-0.2, 0) is 0 Å². The normalized spacial score (nSPS) is 16.8. The Bertz CT molecular complexity index is 307. The SMILES string of the molecule is O=C(O)N1CC(c2ccncc2)C1. The van der Waals surface area contributed by atoms with E-state index in [1.807, 2.05) is 12.1 Å². The molecule has 0 aliphatic carbocycles. The Morgan fingerprint density at radius 3 is 2.62 bits per heavy atom. The molecular formula is C9H10N2O2. The van der Waals surface area contributed by atoms with Gasteiger partial charge in [-0.15, -0.1) is 0 Å². The first-order chi connectivity index (χ1) is 6.27. The Balaban J connectivity index is 1.98. The molecule has 4 heteroatoms. The number of likely N-dealkylation sites (tertiary alicyclic amines) is 1. The van der Waals surface area contributed by atoms with Gasteiger partial charge in [-0.3, -0.25) is 4.98 Å². The quantitative estimate of drug-likeness (QED) is 0.702. The number of hydrogen-bond acceptors (Lipinski definition) is 2. The van der Waals surface area contributed by atoms with E-state index in [9.17, 15) is 4.79 Å². The number of aromatic nitrogens is 1. The molecule has 1 saturated heterocycles. The molecule has 2 rings (SSSR count). The molecule has 0 atom stereocenters. The summed E-state index contributed by atoms with van der Waals surface area (Å²) in [5.41, 5.74) is 1.17. The van der Waals surface area contributed by atoms with Gasteiger partial charge in [0.05, 0.1) is 0 Å². The van der Waals surface area contributed by atoms with E-state index in [0.29, 0.717) is 19.0 Å². The second kappa shape index (κ2) is 3.05. The van der Waals surface area contributed by atoms with Gasteiger partial charge >= 0.3 is 6.09 Å². The van der Waals surface area contributed by atoms with E-state index in [4.69, 9.17) is 5.11 Å². The van der Waals surface area contributed by atoms with Crippen molar-refractivity contribution >= 4 is 6.09 Å². The summed E-state index contributed by atoms with van der Waals surface area (Å²) in [7, 11) is 0. The van der Waals surface area contributed by atoms with Gasteiger partial charge in [-0.1, -0.05) is 0 Å². The van der Waals surface area contributed by atoms with Gasteiger partial charge in [-0.05, 0) is 17.7 Å². The summed E-state index contributed by atoms with van der Waals surface area (Å²) >= 11 is 0. The molecular weight excluding hydrogens is 168 g/mol. The average Bonchev–Trinajstić information content (AvgIpc) is 2.02. The molecule has 1 aromatic rings. The molecule has 1 amide bonds. The fraction of sp³-hybridized carbons (Fsp3) is 0.333. The Labute approximate surface area is 75.8 Å². The van der Waals surface area contributed by atoms with Gasteiger partial charge in [0.15, 0.2) is 0 Å². The fourth-order valence-corrected chi connectivity index (χ4v) is 1.48. The highest BCUT2D eigenvalue weighted by Gasteiger charge is 2.31. The van der Waals surface area contributed by atoms with Gasteiger partial charge in [-0.25, -0.2) is 4.79 Å². The Morgan fingerprint density at radius 1 is 1.46 bits per heavy atom. The van der Waals surface area contributed by atoms with Crippen molar-refractivity contribution in [1.29, 1.82) is 0 Å². The van der Waals surface area contributed by atoms with Crippen molar-refractivity contribution in [2.75, 3.05) is 13.1 Å². The van der Waals surface area contributed by atoms with Gasteiger partial charge in [0.25, 0.3) is 0 Å². The zero-order valence-electron chi connectivity index (χ0n) is 7.05. The first-order valence-electron chi connectivity index (χ1n) is 4.15. The molecule has 0 unspecified atom stereocenters. The number of rotatable bonds is 1. The van der Waals surface area contributed by atoms with Crippen molar-refractivity contribution < 1.29 is 9.90 Å². The number of carbonyl (C=O) groups is 1. The monoisotopic (exact) mass is 178 g/mol. The highest BCUT2D eigenvalue weighted by atomic mass is 16.4. The molecule has 2 heterocycles. The molecule has 0 aromatic carbocycles. The average molecular weight is 178 g/mol. The third kappa shape index (κ3) is 1.47. The fourth-order valence-electron chi connectivity index (χ4n) is 1.48. The van der Waals surface area contributed by atoms with Crippen molar-refractivity contribution in [3.05, 3.63) is 30.1 Å². The standard InChI is InChI=1S/C9H10N2O2/c12-9(13)11-5-8(6-11)7-1-3-10-4-2-7/h1-4,8H,5-6H2,(H,12,13). The molecule has 1 aliphatic heterocycles. The van der Waals surface area contributed by atoms with Crippen molar-refractivity contribution in [2.45, 2.75) is 5.92 Å². The van der Waals surface area contributed by atoms with Crippen LogP contribution in [-0.4, -0.2) is 34.2 Å². The first-order valence-corrected chi connectivity index (χ1v) is 4.15. The minimum absolute atomic E-state index is 0.360. The van der Waals surface area contributed by atoms with Gasteiger partial charge in [0.2, 0.25) is 0 Å². The van der Waals surface area contributed by atoms with Crippen molar-refractivity contribution in [2.24, 2.45) is 0 Å². The molecule has 0 bridgehead atoms. The second-order valence-corrected chi connectivity index (χ2v) is 3.17. The second-order valence-electron chi connectivity index (χ2n) is 3.17. The largest absolute Gasteiger partial charge is 0.465 e. The summed E-state index contributed by atoms with van der Waals surface area (Å²) in [5.74, 6) is 0.360. The van der Waals surface area contributed by atoms with Crippen LogP contribution in [0.15, 0.2) is 24.5 Å². The van der Waals surface area contributed by atoms with E-state index >= 15 is 0 Å². The molecule has 4 nitrogen and oxygen atoms in total. The lowest BCUT2D eigenvalue weighted by molar-refractivity contribution is 0.105. The highest BCUT2D eigenvalue weighted by Crippen LogP contribution is 2.25. The summed E-state index contributed by atoms with van der Waals surface area (Å²) in [5, 5.41) is 8.61. The first kappa shape index (κ1) is 8.04. The molecule has 1 N–H and O–H groups in total. The maximum absolute atomic E-state index is 10.5. The van der Waals surface area contributed by atoms with E-state index in [1.54, 1.807) is 12.4 Å². The third-order valence-electron chi connectivity index (χ3n) is 2.33. The van der Waals surface area contributed by atoms with Gasteiger partial charge < -0.3 is 10.0 Å². The predicted molar refractivity (Wildman–Crippen MR) is 46.6 cm³/mol. The topological polar surface area (TPSA) is 53.4 Å². The van der Waals surface area contributed by atoms with E-state index in [-0.39, 0.29) is 0 Å². The van der Waals surface area contributed by atoms with Crippen LogP contribution in [0.2, 0.25) is 0 Å². The lowest BCUT2D eigenvalue weighted by Crippen LogP contribution is -2.47. The third-order valence-corrected chi connectivity index (χ3v) is 2.33. The molecule has 68 valence electrons. The van der Waals surface area contributed by atoms with Crippen molar-refractivity contribution in [1.82, 2.24) is 9.88 Å². The maximum Gasteiger partial charge on any atom is 0.407 e. The van der Waals surface area contributed by atoms with E-state index in [2.05, 4.69) is 4.98 Å². The molecule has 0 radical (unpaired) electrons. The maximum atomic E-state index is 10.5.